The monoisotopic (exact) mass is 265 g/mol. The molecule has 0 aromatic heterocycles. The molecular weight excluding hydrogens is 244 g/mol. The van der Waals surface area contributed by atoms with Crippen LogP contribution in [0.4, 0.5) is 8.78 Å². The van der Waals surface area contributed by atoms with Crippen LogP contribution in [0.3, 0.4) is 0 Å². The molecule has 1 fully saturated rings. The van der Waals surface area contributed by atoms with Crippen molar-refractivity contribution in [1.82, 2.24) is 4.90 Å². The van der Waals surface area contributed by atoms with Crippen LogP contribution in [0.1, 0.15) is 27.2 Å². The summed E-state index contributed by atoms with van der Waals surface area (Å²) in [6, 6.07) is 0. The summed E-state index contributed by atoms with van der Waals surface area (Å²) in [4.78, 5) is 12.0. The molecule has 0 aromatic rings. The number of alkyl halides is 2. The van der Waals surface area contributed by atoms with E-state index in [1.54, 1.807) is 4.90 Å². The first kappa shape index (κ1) is 15.3. The highest BCUT2D eigenvalue weighted by Gasteiger charge is 2.46. The van der Waals surface area contributed by atoms with E-state index in [1.807, 2.05) is 20.8 Å². The average Bonchev–Trinajstić information content (AvgIpc) is 2.17. The first-order valence-electron chi connectivity index (χ1n) is 6.05. The number of rotatable bonds is 4. The number of piperidine rings is 1. The van der Waals surface area contributed by atoms with Crippen molar-refractivity contribution in [3.05, 3.63) is 0 Å². The Morgan fingerprint density at radius 1 is 1.50 bits per heavy atom. The smallest absolute Gasteiger partial charge is 0.329 e. The summed E-state index contributed by atoms with van der Waals surface area (Å²) in [6.45, 7) is 5.30. The van der Waals surface area contributed by atoms with Crippen LogP contribution in [-0.2, 0) is 9.53 Å². The number of nitrogens with zero attached hydrogens (tertiary/aromatic N) is 1. The van der Waals surface area contributed by atoms with E-state index in [1.165, 1.54) is 0 Å². The number of carbonyl (C=O) groups is 1. The molecule has 1 N–H and O–H groups in total. The highest BCUT2D eigenvalue weighted by Crippen LogP contribution is 2.35. The molecule has 0 aromatic carbocycles. The molecule has 1 atom stereocenters. The lowest BCUT2D eigenvalue weighted by Gasteiger charge is -2.44. The van der Waals surface area contributed by atoms with Crippen LogP contribution >= 0.6 is 0 Å². The Balaban J connectivity index is 2.52. The number of ether oxygens (including phenoxy) is 1. The largest absolute Gasteiger partial charge is 0.480 e. The van der Waals surface area contributed by atoms with Crippen molar-refractivity contribution in [3.8, 4) is 0 Å². The number of likely N-dealkylation sites (tertiary alicyclic amines) is 1. The van der Waals surface area contributed by atoms with E-state index >= 15 is 0 Å². The standard InChI is InChI=1S/C12H21F2NO3/c1-11(2,3)15-5-4-9(12(13,14)8-15)6-18-7-10(16)17/h9H,4-8H2,1-3H3,(H,16,17). The molecular formula is C12H21F2NO3. The van der Waals surface area contributed by atoms with Gasteiger partial charge in [0.25, 0.3) is 5.92 Å². The van der Waals surface area contributed by atoms with Crippen molar-refractivity contribution in [2.24, 2.45) is 5.92 Å². The van der Waals surface area contributed by atoms with Gasteiger partial charge in [-0.15, -0.1) is 0 Å². The van der Waals surface area contributed by atoms with Crippen molar-refractivity contribution in [2.45, 2.75) is 38.7 Å². The van der Waals surface area contributed by atoms with Gasteiger partial charge in [0.1, 0.15) is 6.61 Å². The van der Waals surface area contributed by atoms with Crippen molar-refractivity contribution in [2.75, 3.05) is 26.3 Å². The number of carboxylic acids is 1. The van der Waals surface area contributed by atoms with Crippen LogP contribution < -0.4 is 0 Å². The number of halogens is 2. The highest BCUT2D eigenvalue weighted by molar-refractivity contribution is 5.67. The maximum atomic E-state index is 13.9. The molecule has 1 heterocycles. The van der Waals surface area contributed by atoms with Gasteiger partial charge in [-0.1, -0.05) is 0 Å². The van der Waals surface area contributed by atoms with E-state index < -0.39 is 24.4 Å². The van der Waals surface area contributed by atoms with Crippen LogP contribution in [0.15, 0.2) is 0 Å². The predicted octanol–water partition coefficient (Wildman–Crippen LogP) is 1.84. The Labute approximate surface area is 106 Å². The molecule has 0 radical (unpaired) electrons. The van der Waals surface area contributed by atoms with E-state index in [-0.39, 0.29) is 18.7 Å². The lowest BCUT2D eigenvalue weighted by Crippen LogP contribution is -2.55. The van der Waals surface area contributed by atoms with Gasteiger partial charge in [-0.3, -0.25) is 4.90 Å². The zero-order chi connectivity index (χ0) is 14.0. The summed E-state index contributed by atoms with van der Waals surface area (Å²) in [5.74, 6) is -4.86. The molecule has 106 valence electrons. The molecule has 1 aliphatic heterocycles. The molecule has 0 amide bonds. The molecule has 0 spiro atoms. The minimum atomic E-state index is -2.83. The summed E-state index contributed by atoms with van der Waals surface area (Å²) < 4.78 is 32.6. The number of hydrogen-bond donors (Lipinski definition) is 1. The van der Waals surface area contributed by atoms with Crippen LogP contribution in [0.5, 0.6) is 0 Å². The van der Waals surface area contributed by atoms with Gasteiger partial charge in [0, 0.05) is 11.5 Å². The molecule has 1 rings (SSSR count). The Morgan fingerprint density at radius 2 is 2.11 bits per heavy atom. The Bertz CT molecular complexity index is 302. The maximum absolute atomic E-state index is 13.9. The maximum Gasteiger partial charge on any atom is 0.329 e. The molecule has 0 aliphatic carbocycles. The first-order chi connectivity index (χ1) is 8.13. The van der Waals surface area contributed by atoms with Crippen LogP contribution in [0.25, 0.3) is 0 Å². The van der Waals surface area contributed by atoms with Crippen molar-refractivity contribution in [3.63, 3.8) is 0 Å². The summed E-state index contributed by atoms with van der Waals surface area (Å²) >= 11 is 0. The zero-order valence-corrected chi connectivity index (χ0v) is 11.1. The molecule has 6 heteroatoms. The van der Waals surface area contributed by atoms with Gasteiger partial charge in [0.2, 0.25) is 0 Å². The second-order valence-corrected chi connectivity index (χ2v) is 5.75. The molecule has 1 unspecified atom stereocenters. The van der Waals surface area contributed by atoms with E-state index in [4.69, 9.17) is 9.84 Å². The van der Waals surface area contributed by atoms with Gasteiger partial charge in [-0.2, -0.15) is 0 Å². The second kappa shape index (κ2) is 5.48. The normalized spacial score (nSPS) is 25.1. The van der Waals surface area contributed by atoms with Gasteiger partial charge in [0.05, 0.1) is 13.2 Å². The van der Waals surface area contributed by atoms with E-state index in [0.29, 0.717) is 13.0 Å². The summed E-state index contributed by atoms with van der Waals surface area (Å²) in [7, 11) is 0. The molecule has 1 saturated heterocycles. The fourth-order valence-electron chi connectivity index (χ4n) is 2.05. The van der Waals surface area contributed by atoms with Crippen LogP contribution in [0, 0.1) is 5.92 Å². The molecule has 0 bridgehead atoms. The summed E-state index contributed by atoms with van der Waals surface area (Å²) in [6.07, 6.45) is 0.323. The topological polar surface area (TPSA) is 49.8 Å². The second-order valence-electron chi connectivity index (χ2n) is 5.75. The number of aliphatic carboxylic acids is 1. The third-order valence-corrected chi connectivity index (χ3v) is 3.24. The lowest BCUT2D eigenvalue weighted by atomic mass is 9.90. The fraction of sp³-hybridized carbons (Fsp3) is 0.917. The molecule has 18 heavy (non-hydrogen) atoms. The van der Waals surface area contributed by atoms with Crippen LogP contribution in [-0.4, -0.2) is 53.7 Å². The number of carboxylic acid groups (broad SMARTS) is 1. The Morgan fingerprint density at radius 3 is 2.56 bits per heavy atom. The highest BCUT2D eigenvalue weighted by atomic mass is 19.3. The molecule has 1 aliphatic rings. The number of hydrogen-bond acceptors (Lipinski definition) is 3. The third kappa shape index (κ3) is 4.17. The van der Waals surface area contributed by atoms with Gasteiger partial charge >= 0.3 is 5.97 Å². The van der Waals surface area contributed by atoms with Crippen molar-refractivity contribution in [1.29, 1.82) is 0 Å². The van der Waals surface area contributed by atoms with Crippen molar-refractivity contribution >= 4 is 5.97 Å². The minimum Gasteiger partial charge on any atom is -0.480 e. The molecule has 4 nitrogen and oxygen atoms in total. The SMILES string of the molecule is CC(C)(C)N1CCC(COCC(=O)O)C(F)(F)C1. The third-order valence-electron chi connectivity index (χ3n) is 3.24. The van der Waals surface area contributed by atoms with Crippen LogP contribution in [0.2, 0.25) is 0 Å². The fourth-order valence-corrected chi connectivity index (χ4v) is 2.05. The minimum absolute atomic E-state index is 0.197. The summed E-state index contributed by atoms with van der Waals surface area (Å²) in [5.41, 5.74) is -0.281. The molecule has 0 saturated carbocycles. The predicted molar refractivity (Wildman–Crippen MR) is 62.8 cm³/mol. The van der Waals surface area contributed by atoms with Gasteiger partial charge in [0.15, 0.2) is 0 Å². The van der Waals surface area contributed by atoms with Gasteiger partial charge < -0.3 is 9.84 Å². The van der Waals surface area contributed by atoms with E-state index in [2.05, 4.69) is 0 Å². The summed E-state index contributed by atoms with van der Waals surface area (Å²) in [5, 5.41) is 8.40. The van der Waals surface area contributed by atoms with Gasteiger partial charge in [-0.25, -0.2) is 13.6 Å². The van der Waals surface area contributed by atoms with E-state index in [9.17, 15) is 13.6 Å². The average molecular weight is 265 g/mol. The quantitative estimate of drug-likeness (QED) is 0.842. The van der Waals surface area contributed by atoms with E-state index in [0.717, 1.165) is 0 Å². The lowest BCUT2D eigenvalue weighted by molar-refractivity contribution is -0.156. The van der Waals surface area contributed by atoms with Crippen molar-refractivity contribution < 1.29 is 23.4 Å². The Hall–Kier alpha value is -0.750. The van der Waals surface area contributed by atoms with Gasteiger partial charge in [-0.05, 0) is 33.7 Å². The Kier molecular flexibility index (Phi) is 4.66. The first-order valence-corrected chi connectivity index (χ1v) is 6.05. The zero-order valence-electron chi connectivity index (χ0n) is 11.1.